The van der Waals surface area contributed by atoms with Crippen LogP contribution in [0.4, 0.5) is 10.5 Å². The van der Waals surface area contributed by atoms with E-state index in [0.29, 0.717) is 25.1 Å². The average molecular weight is 294 g/mol. The molecule has 0 saturated heterocycles. The molecule has 0 spiro atoms. The van der Waals surface area contributed by atoms with Gasteiger partial charge in [-0.05, 0) is 50.5 Å². The van der Waals surface area contributed by atoms with Crippen molar-refractivity contribution in [2.45, 2.75) is 52.2 Å². The smallest absolute Gasteiger partial charge is 0.319 e. The maximum Gasteiger partial charge on any atom is 0.319 e. The van der Waals surface area contributed by atoms with Crippen LogP contribution in [-0.2, 0) is 0 Å². The van der Waals surface area contributed by atoms with Gasteiger partial charge in [0, 0.05) is 12.2 Å². The van der Waals surface area contributed by atoms with E-state index in [4.69, 9.17) is 4.74 Å². The number of benzene rings is 1. The van der Waals surface area contributed by atoms with Gasteiger partial charge in [-0.2, -0.15) is 0 Å². The minimum absolute atomic E-state index is 0.178. The minimum atomic E-state index is -0.359. The Balaban J connectivity index is 2.36. The monoisotopic (exact) mass is 294 g/mol. The van der Waals surface area contributed by atoms with Crippen LogP contribution in [0.15, 0.2) is 24.3 Å². The molecule has 0 bridgehead atoms. The summed E-state index contributed by atoms with van der Waals surface area (Å²) in [5.74, 6) is 0.793. The molecular weight excluding hydrogens is 268 g/mol. The fourth-order valence-electron chi connectivity index (χ4n) is 1.66. The van der Waals surface area contributed by atoms with Crippen molar-refractivity contribution in [3.63, 3.8) is 0 Å². The first-order chi connectivity index (χ1) is 10.0. The van der Waals surface area contributed by atoms with Gasteiger partial charge in [0.15, 0.2) is 0 Å². The maximum atomic E-state index is 11.7. The van der Waals surface area contributed by atoms with E-state index in [1.54, 1.807) is 12.1 Å². The van der Waals surface area contributed by atoms with Crippen LogP contribution in [0.3, 0.4) is 0 Å². The summed E-state index contributed by atoms with van der Waals surface area (Å²) in [4.78, 5) is 11.7. The van der Waals surface area contributed by atoms with Crippen molar-refractivity contribution >= 4 is 11.7 Å². The molecule has 1 rings (SSSR count). The highest BCUT2D eigenvalue weighted by molar-refractivity contribution is 5.89. The zero-order valence-corrected chi connectivity index (χ0v) is 13.1. The fraction of sp³-hybridized carbons (Fsp3) is 0.562. The number of hydrogen-bond donors (Lipinski definition) is 3. The summed E-state index contributed by atoms with van der Waals surface area (Å²) in [6.45, 7) is 6.45. The number of aliphatic hydroxyl groups excluding tert-OH is 1. The van der Waals surface area contributed by atoms with Crippen molar-refractivity contribution in [1.29, 1.82) is 0 Å². The van der Waals surface area contributed by atoms with Gasteiger partial charge in [-0.25, -0.2) is 4.79 Å². The predicted octanol–water partition coefficient (Wildman–Crippen LogP) is 3.15. The van der Waals surface area contributed by atoms with Gasteiger partial charge < -0.3 is 20.5 Å². The van der Waals surface area contributed by atoms with Crippen LogP contribution in [0.25, 0.3) is 0 Å². The second-order valence-electron chi connectivity index (χ2n) is 5.09. The first-order valence-corrected chi connectivity index (χ1v) is 7.54. The Morgan fingerprint density at radius 2 is 1.90 bits per heavy atom. The number of ether oxygens (including phenoxy) is 1. The van der Waals surface area contributed by atoms with E-state index < -0.39 is 0 Å². The lowest BCUT2D eigenvalue weighted by molar-refractivity contribution is 0.160. The highest BCUT2D eigenvalue weighted by Crippen LogP contribution is 2.17. The zero-order chi connectivity index (χ0) is 15.7. The summed E-state index contributed by atoms with van der Waals surface area (Å²) in [6, 6.07) is 7.01. The zero-order valence-electron chi connectivity index (χ0n) is 13.1. The summed E-state index contributed by atoms with van der Waals surface area (Å²) in [6.07, 6.45) is 2.03. The standard InChI is InChI=1S/C16H26N2O3/c1-4-12(3)21-15-8-6-13(7-9-15)18-16(20)17-11-10-14(19)5-2/h6-9,12,14,19H,4-5,10-11H2,1-3H3,(H2,17,18,20). The van der Waals surface area contributed by atoms with Crippen molar-refractivity contribution in [3.05, 3.63) is 24.3 Å². The van der Waals surface area contributed by atoms with Crippen molar-refractivity contribution in [2.24, 2.45) is 0 Å². The molecule has 3 N–H and O–H groups in total. The molecule has 0 aliphatic rings. The van der Waals surface area contributed by atoms with E-state index in [1.165, 1.54) is 0 Å². The molecule has 0 heterocycles. The molecule has 21 heavy (non-hydrogen) atoms. The number of rotatable bonds is 8. The minimum Gasteiger partial charge on any atom is -0.491 e. The summed E-state index contributed by atoms with van der Waals surface area (Å²) in [5.41, 5.74) is 0.708. The number of amides is 2. The molecule has 1 aromatic rings. The molecule has 2 amide bonds. The van der Waals surface area contributed by atoms with Crippen molar-refractivity contribution in [3.8, 4) is 5.75 Å². The van der Waals surface area contributed by atoms with E-state index in [9.17, 15) is 9.90 Å². The van der Waals surface area contributed by atoms with E-state index >= 15 is 0 Å². The third kappa shape index (κ3) is 6.99. The highest BCUT2D eigenvalue weighted by atomic mass is 16.5. The molecule has 0 saturated carbocycles. The van der Waals surface area contributed by atoms with E-state index in [-0.39, 0.29) is 18.2 Å². The quantitative estimate of drug-likeness (QED) is 0.690. The Morgan fingerprint density at radius 1 is 1.24 bits per heavy atom. The lowest BCUT2D eigenvalue weighted by atomic mass is 10.2. The number of carbonyl (C=O) groups excluding carboxylic acids is 1. The van der Waals surface area contributed by atoms with Gasteiger partial charge in [0.2, 0.25) is 0 Å². The number of carbonyl (C=O) groups is 1. The molecule has 0 aliphatic carbocycles. The summed E-state index contributed by atoms with van der Waals surface area (Å²) < 4.78 is 5.67. The second-order valence-corrected chi connectivity index (χ2v) is 5.09. The molecule has 118 valence electrons. The van der Waals surface area contributed by atoms with Gasteiger partial charge in [0.25, 0.3) is 0 Å². The van der Waals surface area contributed by atoms with Gasteiger partial charge in [-0.1, -0.05) is 13.8 Å². The normalized spacial score (nSPS) is 13.3. The number of nitrogens with one attached hydrogen (secondary N) is 2. The Hall–Kier alpha value is -1.75. The Kier molecular flexibility index (Phi) is 7.61. The molecule has 2 unspecified atom stereocenters. The number of hydrogen-bond acceptors (Lipinski definition) is 3. The summed E-state index contributed by atoms with van der Waals surface area (Å²) in [5, 5.41) is 14.8. The van der Waals surface area contributed by atoms with Crippen molar-refractivity contribution in [1.82, 2.24) is 5.32 Å². The Bertz CT molecular complexity index is 420. The van der Waals surface area contributed by atoms with Gasteiger partial charge in [-0.3, -0.25) is 0 Å². The fourth-order valence-corrected chi connectivity index (χ4v) is 1.66. The summed E-state index contributed by atoms with van der Waals surface area (Å²) >= 11 is 0. The Labute approximate surface area is 126 Å². The lowest BCUT2D eigenvalue weighted by Crippen LogP contribution is -2.31. The van der Waals surface area contributed by atoms with Crippen LogP contribution in [-0.4, -0.2) is 29.9 Å². The lowest BCUT2D eigenvalue weighted by Gasteiger charge is -2.13. The van der Waals surface area contributed by atoms with Gasteiger partial charge in [0.05, 0.1) is 12.2 Å². The Morgan fingerprint density at radius 3 is 2.48 bits per heavy atom. The van der Waals surface area contributed by atoms with Gasteiger partial charge in [-0.15, -0.1) is 0 Å². The molecule has 5 nitrogen and oxygen atoms in total. The molecule has 5 heteroatoms. The van der Waals surface area contributed by atoms with Crippen LogP contribution in [0.5, 0.6) is 5.75 Å². The topological polar surface area (TPSA) is 70.6 Å². The van der Waals surface area contributed by atoms with Crippen LogP contribution in [0.1, 0.15) is 40.0 Å². The van der Waals surface area contributed by atoms with E-state index in [0.717, 1.165) is 12.2 Å². The average Bonchev–Trinajstić information content (AvgIpc) is 2.48. The van der Waals surface area contributed by atoms with E-state index in [1.807, 2.05) is 26.0 Å². The number of urea groups is 1. The molecule has 1 aromatic carbocycles. The third-order valence-electron chi connectivity index (χ3n) is 3.26. The molecule has 0 radical (unpaired) electrons. The largest absolute Gasteiger partial charge is 0.491 e. The van der Waals surface area contributed by atoms with Crippen LogP contribution >= 0.6 is 0 Å². The van der Waals surface area contributed by atoms with Crippen molar-refractivity contribution < 1.29 is 14.6 Å². The molecule has 0 fully saturated rings. The molecule has 0 aliphatic heterocycles. The number of anilines is 1. The first-order valence-electron chi connectivity index (χ1n) is 7.54. The second kappa shape index (κ2) is 9.23. The molecule has 2 atom stereocenters. The molecule has 0 aromatic heterocycles. The number of aliphatic hydroxyl groups is 1. The third-order valence-corrected chi connectivity index (χ3v) is 3.26. The summed E-state index contributed by atoms with van der Waals surface area (Å²) in [7, 11) is 0. The van der Waals surface area contributed by atoms with Gasteiger partial charge in [0.1, 0.15) is 5.75 Å². The van der Waals surface area contributed by atoms with Crippen LogP contribution in [0, 0.1) is 0 Å². The van der Waals surface area contributed by atoms with Crippen LogP contribution < -0.4 is 15.4 Å². The van der Waals surface area contributed by atoms with Crippen molar-refractivity contribution in [2.75, 3.05) is 11.9 Å². The highest BCUT2D eigenvalue weighted by Gasteiger charge is 2.05. The first kappa shape index (κ1) is 17.3. The van der Waals surface area contributed by atoms with Crippen LogP contribution in [0.2, 0.25) is 0 Å². The SMILES string of the molecule is CCC(O)CCNC(=O)Nc1ccc(OC(C)CC)cc1. The van der Waals surface area contributed by atoms with E-state index in [2.05, 4.69) is 17.6 Å². The molecular formula is C16H26N2O3. The predicted molar refractivity (Wildman–Crippen MR) is 84.8 cm³/mol. The van der Waals surface area contributed by atoms with Gasteiger partial charge >= 0.3 is 6.03 Å². The maximum absolute atomic E-state index is 11.7.